The molecule has 4 heteroatoms. The zero-order valence-corrected chi connectivity index (χ0v) is 11.5. The number of nitrogen functional groups attached to an aromatic ring is 1. The monoisotopic (exact) mass is 291 g/mol. The second-order valence-corrected chi connectivity index (χ2v) is 4.78. The summed E-state index contributed by atoms with van der Waals surface area (Å²) in [6, 6.07) is 7.90. The highest BCUT2D eigenvalue weighted by atomic mass is 79.9. The van der Waals surface area contributed by atoms with Gasteiger partial charge in [-0.2, -0.15) is 0 Å². The molecule has 2 N–H and O–H groups in total. The summed E-state index contributed by atoms with van der Waals surface area (Å²) in [6.45, 7) is 4.03. The van der Waals surface area contributed by atoms with Crippen LogP contribution in [0.15, 0.2) is 28.7 Å². The van der Waals surface area contributed by atoms with Crippen LogP contribution in [0.2, 0.25) is 0 Å². The number of anilines is 1. The van der Waals surface area contributed by atoms with Gasteiger partial charge in [-0.25, -0.2) is 9.97 Å². The maximum atomic E-state index is 5.90. The third kappa shape index (κ3) is 2.47. The van der Waals surface area contributed by atoms with E-state index in [2.05, 4.69) is 32.8 Å². The van der Waals surface area contributed by atoms with Gasteiger partial charge in [0, 0.05) is 21.3 Å². The molecular formula is C13H14BrN3. The molecule has 0 bridgehead atoms. The number of aryl methyl sites for hydroxylation is 1. The maximum Gasteiger partial charge on any atom is 0.161 e. The van der Waals surface area contributed by atoms with Gasteiger partial charge in [-0.1, -0.05) is 35.0 Å². The Kier molecular flexibility index (Phi) is 3.43. The van der Waals surface area contributed by atoms with E-state index in [1.54, 1.807) is 0 Å². The molecule has 0 spiro atoms. The first-order valence-electron chi connectivity index (χ1n) is 5.50. The summed E-state index contributed by atoms with van der Waals surface area (Å²) in [5.74, 6) is 1.26. The van der Waals surface area contributed by atoms with Crippen molar-refractivity contribution in [3.8, 4) is 11.4 Å². The minimum atomic E-state index is 0.565. The predicted octanol–water partition coefficient (Wildman–Crippen LogP) is 3.36. The van der Waals surface area contributed by atoms with E-state index < -0.39 is 0 Å². The highest BCUT2D eigenvalue weighted by Gasteiger charge is 2.08. The van der Waals surface area contributed by atoms with Gasteiger partial charge in [0.25, 0.3) is 0 Å². The molecule has 1 aromatic carbocycles. The molecule has 0 fully saturated rings. The molecule has 0 unspecified atom stereocenters. The number of aromatic nitrogens is 2. The molecular weight excluding hydrogens is 278 g/mol. The number of hydrogen-bond acceptors (Lipinski definition) is 3. The standard InChI is InChI=1S/C13H14BrN3/c1-3-11-8(2)12(15)17-13(16-11)9-4-6-10(14)7-5-9/h4-7H,3H2,1-2H3,(H2,15,16,17). The van der Waals surface area contributed by atoms with E-state index in [1.807, 2.05) is 31.2 Å². The minimum absolute atomic E-state index is 0.565. The summed E-state index contributed by atoms with van der Waals surface area (Å²) in [7, 11) is 0. The number of hydrogen-bond donors (Lipinski definition) is 1. The van der Waals surface area contributed by atoms with E-state index in [0.717, 1.165) is 27.7 Å². The number of benzene rings is 1. The van der Waals surface area contributed by atoms with Crippen LogP contribution in [0.3, 0.4) is 0 Å². The molecule has 88 valence electrons. The van der Waals surface area contributed by atoms with Gasteiger partial charge in [-0.3, -0.25) is 0 Å². The Morgan fingerprint density at radius 1 is 1.18 bits per heavy atom. The lowest BCUT2D eigenvalue weighted by Crippen LogP contribution is -2.04. The summed E-state index contributed by atoms with van der Waals surface area (Å²) in [4.78, 5) is 8.88. The van der Waals surface area contributed by atoms with E-state index >= 15 is 0 Å². The molecule has 0 aliphatic heterocycles. The first-order chi connectivity index (χ1) is 8.11. The van der Waals surface area contributed by atoms with Crippen molar-refractivity contribution >= 4 is 21.7 Å². The molecule has 0 aliphatic carbocycles. The van der Waals surface area contributed by atoms with Gasteiger partial charge < -0.3 is 5.73 Å². The Morgan fingerprint density at radius 3 is 2.41 bits per heavy atom. The van der Waals surface area contributed by atoms with E-state index in [9.17, 15) is 0 Å². The molecule has 1 aromatic heterocycles. The number of nitrogens with zero attached hydrogens (tertiary/aromatic N) is 2. The second-order valence-electron chi connectivity index (χ2n) is 3.86. The lowest BCUT2D eigenvalue weighted by atomic mass is 10.1. The summed E-state index contributed by atoms with van der Waals surface area (Å²) in [5, 5.41) is 0. The molecule has 17 heavy (non-hydrogen) atoms. The summed E-state index contributed by atoms with van der Waals surface area (Å²) < 4.78 is 1.04. The first-order valence-corrected chi connectivity index (χ1v) is 6.30. The minimum Gasteiger partial charge on any atom is -0.383 e. The molecule has 0 radical (unpaired) electrons. The maximum absolute atomic E-state index is 5.90. The quantitative estimate of drug-likeness (QED) is 0.923. The van der Waals surface area contributed by atoms with Crippen molar-refractivity contribution in [1.29, 1.82) is 0 Å². The van der Waals surface area contributed by atoms with Crippen LogP contribution in [0, 0.1) is 6.92 Å². The second kappa shape index (κ2) is 4.84. The van der Waals surface area contributed by atoms with Crippen molar-refractivity contribution in [2.75, 3.05) is 5.73 Å². The van der Waals surface area contributed by atoms with E-state index in [0.29, 0.717) is 11.6 Å². The van der Waals surface area contributed by atoms with Gasteiger partial charge in [-0.15, -0.1) is 0 Å². The van der Waals surface area contributed by atoms with Crippen LogP contribution in [0.5, 0.6) is 0 Å². The fourth-order valence-corrected chi connectivity index (χ4v) is 1.92. The molecule has 2 rings (SSSR count). The van der Waals surface area contributed by atoms with Gasteiger partial charge in [0.05, 0.1) is 0 Å². The van der Waals surface area contributed by atoms with Gasteiger partial charge in [0.2, 0.25) is 0 Å². The largest absolute Gasteiger partial charge is 0.383 e. The van der Waals surface area contributed by atoms with Gasteiger partial charge in [-0.05, 0) is 25.5 Å². The van der Waals surface area contributed by atoms with Gasteiger partial charge in [0.15, 0.2) is 5.82 Å². The predicted molar refractivity (Wildman–Crippen MR) is 73.7 cm³/mol. The normalized spacial score (nSPS) is 10.5. The van der Waals surface area contributed by atoms with Gasteiger partial charge in [0.1, 0.15) is 5.82 Å². The molecule has 0 saturated heterocycles. The molecule has 0 amide bonds. The molecule has 0 saturated carbocycles. The van der Waals surface area contributed by atoms with Crippen LogP contribution in [0.1, 0.15) is 18.2 Å². The van der Waals surface area contributed by atoms with Crippen LogP contribution in [-0.4, -0.2) is 9.97 Å². The fourth-order valence-electron chi connectivity index (χ4n) is 1.65. The van der Waals surface area contributed by atoms with Crippen molar-refractivity contribution in [2.24, 2.45) is 0 Å². The topological polar surface area (TPSA) is 51.8 Å². The summed E-state index contributed by atoms with van der Waals surface area (Å²) in [6.07, 6.45) is 0.863. The Balaban J connectivity index is 2.52. The highest BCUT2D eigenvalue weighted by Crippen LogP contribution is 2.22. The number of nitrogens with two attached hydrogens (primary N) is 1. The van der Waals surface area contributed by atoms with Crippen molar-refractivity contribution in [3.05, 3.63) is 40.0 Å². The Morgan fingerprint density at radius 2 is 1.82 bits per heavy atom. The zero-order chi connectivity index (χ0) is 12.4. The molecule has 0 atom stereocenters. The third-order valence-corrected chi connectivity index (χ3v) is 3.25. The zero-order valence-electron chi connectivity index (χ0n) is 9.87. The van der Waals surface area contributed by atoms with Crippen LogP contribution in [-0.2, 0) is 6.42 Å². The van der Waals surface area contributed by atoms with Crippen molar-refractivity contribution in [1.82, 2.24) is 9.97 Å². The van der Waals surface area contributed by atoms with Crippen LogP contribution in [0.25, 0.3) is 11.4 Å². The van der Waals surface area contributed by atoms with Crippen molar-refractivity contribution in [2.45, 2.75) is 20.3 Å². The van der Waals surface area contributed by atoms with Crippen LogP contribution in [0.4, 0.5) is 5.82 Å². The van der Waals surface area contributed by atoms with E-state index in [1.165, 1.54) is 0 Å². The van der Waals surface area contributed by atoms with Crippen LogP contribution >= 0.6 is 15.9 Å². The third-order valence-electron chi connectivity index (χ3n) is 2.72. The van der Waals surface area contributed by atoms with E-state index in [4.69, 9.17) is 5.73 Å². The average Bonchev–Trinajstić information content (AvgIpc) is 2.33. The summed E-state index contributed by atoms with van der Waals surface area (Å²) >= 11 is 3.41. The Labute approximate surface area is 109 Å². The highest BCUT2D eigenvalue weighted by molar-refractivity contribution is 9.10. The molecule has 2 aromatic rings. The van der Waals surface area contributed by atoms with E-state index in [-0.39, 0.29) is 0 Å². The average molecular weight is 292 g/mol. The fraction of sp³-hybridized carbons (Fsp3) is 0.231. The SMILES string of the molecule is CCc1nc(-c2ccc(Br)cc2)nc(N)c1C. The lowest BCUT2D eigenvalue weighted by Gasteiger charge is -2.08. The van der Waals surface area contributed by atoms with Crippen LogP contribution < -0.4 is 5.73 Å². The molecule has 1 heterocycles. The number of rotatable bonds is 2. The summed E-state index contributed by atoms with van der Waals surface area (Å²) in [5.41, 5.74) is 8.87. The Hall–Kier alpha value is -1.42. The van der Waals surface area contributed by atoms with Crippen molar-refractivity contribution in [3.63, 3.8) is 0 Å². The Bertz CT molecular complexity index is 535. The smallest absolute Gasteiger partial charge is 0.161 e. The van der Waals surface area contributed by atoms with Gasteiger partial charge >= 0.3 is 0 Å². The molecule has 0 aliphatic rings. The lowest BCUT2D eigenvalue weighted by molar-refractivity contribution is 0.982. The van der Waals surface area contributed by atoms with Crippen molar-refractivity contribution < 1.29 is 0 Å². The first kappa shape index (κ1) is 12.0. The molecule has 3 nitrogen and oxygen atoms in total. The number of halogens is 1.